The van der Waals surface area contributed by atoms with E-state index in [1.807, 2.05) is 59.3 Å². The fourth-order valence-corrected chi connectivity index (χ4v) is 6.93. The number of carbonyl (C=O) groups is 2. The van der Waals surface area contributed by atoms with Crippen molar-refractivity contribution in [3.63, 3.8) is 0 Å². The Hall–Kier alpha value is -5.28. The van der Waals surface area contributed by atoms with Crippen LogP contribution in [0.15, 0.2) is 97.2 Å². The molecule has 0 amide bonds. The zero-order valence-electron chi connectivity index (χ0n) is 30.7. The van der Waals surface area contributed by atoms with E-state index in [1.165, 1.54) is 5.56 Å². The molecular weight excluding hydrogens is 654 g/mol. The summed E-state index contributed by atoms with van der Waals surface area (Å²) in [5, 5.41) is 0.867. The maximum Gasteiger partial charge on any atom is 0.305 e. The molecule has 0 N–H and O–H groups in total. The number of aromatic nitrogens is 1. The topological polar surface area (TPSA) is 82.5 Å². The van der Waals surface area contributed by atoms with E-state index in [2.05, 4.69) is 53.1 Å². The predicted molar refractivity (Wildman–Crippen MR) is 205 cm³/mol. The van der Waals surface area contributed by atoms with Gasteiger partial charge in [-0.1, -0.05) is 60.2 Å². The summed E-state index contributed by atoms with van der Waals surface area (Å²) in [6.45, 7) is 9.47. The van der Waals surface area contributed by atoms with E-state index in [0.717, 1.165) is 67.0 Å². The van der Waals surface area contributed by atoms with Crippen LogP contribution in [-0.4, -0.2) is 74.8 Å². The molecule has 1 fully saturated rings. The molecule has 9 heteroatoms. The van der Waals surface area contributed by atoms with E-state index in [-0.39, 0.29) is 17.9 Å². The van der Waals surface area contributed by atoms with Crippen molar-refractivity contribution in [1.29, 1.82) is 0 Å². The van der Waals surface area contributed by atoms with Crippen LogP contribution in [0.1, 0.15) is 59.3 Å². The van der Waals surface area contributed by atoms with Gasteiger partial charge in [-0.2, -0.15) is 0 Å². The number of carbonyl (C=O) groups excluding carboxylic acids is 2. The standard InChI is InChI=1S/C43H49N3O6/c1-5-51-42(47)15-10-23-46-30-35(34-11-6-7-12-36(34)46)43(48)33-20-21-40(41(29-33)50-4)52-38(32-18-16-31(2)17-19-32)22-24-44-25-27-45(28-26-44)37-13-8-9-14-39(37)49-3/h6-9,11-14,16-21,29-30,38H,5,10,15,22-28H2,1-4H3. The van der Waals surface area contributed by atoms with Crippen molar-refractivity contribution in [2.75, 3.05) is 58.5 Å². The number of aryl methyl sites for hydroxylation is 2. The minimum absolute atomic E-state index is 0.104. The third-order valence-electron chi connectivity index (χ3n) is 9.77. The summed E-state index contributed by atoms with van der Waals surface area (Å²) in [4.78, 5) is 30.8. The second-order valence-corrected chi connectivity index (χ2v) is 13.2. The Kier molecular flexibility index (Phi) is 12.1. The number of hydrogen-bond acceptors (Lipinski definition) is 8. The van der Waals surface area contributed by atoms with E-state index < -0.39 is 0 Å². The Morgan fingerprint density at radius 3 is 2.27 bits per heavy atom. The fraction of sp³-hybridized carbons (Fsp3) is 0.349. The molecule has 0 aliphatic carbocycles. The van der Waals surface area contributed by atoms with Gasteiger partial charge in [0.1, 0.15) is 11.9 Å². The summed E-state index contributed by atoms with van der Waals surface area (Å²) in [5.74, 6) is 1.68. The lowest BCUT2D eigenvalue weighted by molar-refractivity contribution is -0.143. The van der Waals surface area contributed by atoms with Gasteiger partial charge in [-0.25, -0.2) is 0 Å². The number of benzene rings is 4. The van der Waals surface area contributed by atoms with E-state index in [9.17, 15) is 9.59 Å². The average molecular weight is 704 g/mol. The molecule has 52 heavy (non-hydrogen) atoms. The molecule has 9 nitrogen and oxygen atoms in total. The smallest absolute Gasteiger partial charge is 0.305 e. The van der Waals surface area contributed by atoms with Crippen LogP contribution < -0.4 is 19.1 Å². The summed E-state index contributed by atoms with van der Waals surface area (Å²) in [6, 6.07) is 30.0. The average Bonchev–Trinajstić information content (AvgIpc) is 3.55. The Labute approximate surface area is 306 Å². The van der Waals surface area contributed by atoms with Crippen molar-refractivity contribution >= 4 is 28.3 Å². The first-order chi connectivity index (χ1) is 25.4. The minimum atomic E-state index is -0.212. The van der Waals surface area contributed by atoms with Gasteiger partial charge in [0, 0.05) is 80.3 Å². The van der Waals surface area contributed by atoms with Crippen molar-refractivity contribution in [3.8, 4) is 17.2 Å². The third-order valence-corrected chi connectivity index (χ3v) is 9.77. The molecule has 4 aromatic carbocycles. The zero-order valence-corrected chi connectivity index (χ0v) is 30.7. The Balaban J connectivity index is 1.16. The number of nitrogens with zero attached hydrogens (tertiary/aromatic N) is 3. The summed E-state index contributed by atoms with van der Waals surface area (Å²) in [7, 11) is 3.33. The molecular formula is C43H49N3O6. The van der Waals surface area contributed by atoms with Crippen molar-refractivity contribution < 1.29 is 28.5 Å². The summed E-state index contributed by atoms with van der Waals surface area (Å²) < 4.78 is 25.3. The van der Waals surface area contributed by atoms with Crippen molar-refractivity contribution in [3.05, 3.63) is 119 Å². The van der Waals surface area contributed by atoms with Crippen LogP contribution in [0.4, 0.5) is 5.69 Å². The normalized spacial score (nSPS) is 13.9. The Bertz CT molecular complexity index is 1960. The van der Waals surface area contributed by atoms with Crippen molar-refractivity contribution in [2.45, 2.75) is 45.8 Å². The van der Waals surface area contributed by atoms with Gasteiger partial charge < -0.3 is 28.4 Å². The van der Waals surface area contributed by atoms with Crippen LogP contribution in [-0.2, 0) is 16.1 Å². The second kappa shape index (κ2) is 17.3. The molecule has 0 radical (unpaired) electrons. The highest BCUT2D eigenvalue weighted by molar-refractivity contribution is 6.16. The SMILES string of the molecule is CCOC(=O)CCCn1cc(C(=O)c2ccc(OC(CCN3CCN(c4ccccc4OC)CC3)c3ccc(C)cc3)c(OC)c2)c2ccccc21. The quantitative estimate of drug-likeness (QED) is 0.0759. The Morgan fingerprint density at radius 1 is 0.788 bits per heavy atom. The first-order valence-corrected chi connectivity index (χ1v) is 18.2. The number of methoxy groups -OCH3 is 2. The van der Waals surface area contributed by atoms with Crippen LogP contribution in [0.5, 0.6) is 17.2 Å². The van der Waals surface area contributed by atoms with Gasteiger partial charge in [-0.05, 0) is 62.2 Å². The van der Waals surface area contributed by atoms with Gasteiger partial charge in [0.05, 0.1) is 26.5 Å². The number of esters is 1. The molecule has 1 aromatic heterocycles. The number of ether oxygens (including phenoxy) is 4. The van der Waals surface area contributed by atoms with Gasteiger partial charge in [-0.3, -0.25) is 14.5 Å². The lowest BCUT2D eigenvalue weighted by atomic mass is 10.0. The van der Waals surface area contributed by atoms with Gasteiger partial charge in [0.25, 0.3) is 0 Å². The molecule has 0 spiro atoms. The van der Waals surface area contributed by atoms with Gasteiger partial charge in [-0.15, -0.1) is 0 Å². The van der Waals surface area contributed by atoms with Crippen molar-refractivity contribution in [2.24, 2.45) is 0 Å². The van der Waals surface area contributed by atoms with E-state index in [0.29, 0.717) is 48.6 Å². The number of ketones is 1. The number of hydrogen-bond donors (Lipinski definition) is 0. The molecule has 6 rings (SSSR count). The lowest BCUT2D eigenvalue weighted by Crippen LogP contribution is -2.47. The molecule has 5 aromatic rings. The molecule has 2 heterocycles. The van der Waals surface area contributed by atoms with E-state index >= 15 is 0 Å². The van der Waals surface area contributed by atoms with Crippen LogP contribution in [0.25, 0.3) is 10.9 Å². The third kappa shape index (κ3) is 8.60. The molecule has 1 saturated heterocycles. The number of para-hydroxylation sites is 3. The first kappa shape index (κ1) is 36.5. The van der Waals surface area contributed by atoms with E-state index in [4.69, 9.17) is 18.9 Å². The second-order valence-electron chi connectivity index (χ2n) is 13.2. The molecule has 0 bridgehead atoms. The van der Waals surface area contributed by atoms with Crippen LogP contribution in [0, 0.1) is 6.92 Å². The summed E-state index contributed by atoms with van der Waals surface area (Å²) >= 11 is 0. The first-order valence-electron chi connectivity index (χ1n) is 18.2. The highest BCUT2D eigenvalue weighted by Gasteiger charge is 2.24. The predicted octanol–water partition coefficient (Wildman–Crippen LogP) is 7.87. The van der Waals surface area contributed by atoms with E-state index in [1.54, 1.807) is 27.2 Å². The molecule has 0 saturated carbocycles. The van der Waals surface area contributed by atoms with Crippen LogP contribution in [0.3, 0.4) is 0 Å². The molecule has 1 aliphatic rings. The number of piperazine rings is 1. The lowest BCUT2D eigenvalue weighted by Gasteiger charge is -2.37. The number of anilines is 1. The summed E-state index contributed by atoms with van der Waals surface area (Å²) in [5.41, 5.74) is 5.48. The monoisotopic (exact) mass is 703 g/mol. The Morgan fingerprint density at radius 2 is 1.52 bits per heavy atom. The zero-order chi connectivity index (χ0) is 36.5. The number of rotatable bonds is 16. The highest BCUT2D eigenvalue weighted by atomic mass is 16.5. The van der Waals surface area contributed by atoms with Gasteiger partial charge in [0.2, 0.25) is 0 Å². The highest BCUT2D eigenvalue weighted by Crippen LogP contribution is 2.35. The van der Waals surface area contributed by atoms with Crippen LogP contribution >= 0.6 is 0 Å². The van der Waals surface area contributed by atoms with Crippen LogP contribution in [0.2, 0.25) is 0 Å². The minimum Gasteiger partial charge on any atom is -0.495 e. The molecule has 1 unspecified atom stereocenters. The van der Waals surface area contributed by atoms with Gasteiger partial charge in [0.15, 0.2) is 17.3 Å². The largest absolute Gasteiger partial charge is 0.495 e. The summed E-state index contributed by atoms with van der Waals surface area (Å²) in [6.07, 6.45) is 3.41. The fourth-order valence-electron chi connectivity index (χ4n) is 6.93. The van der Waals surface area contributed by atoms with Crippen molar-refractivity contribution in [1.82, 2.24) is 9.47 Å². The number of fused-ring (bicyclic) bond motifs is 1. The maximum atomic E-state index is 14.0. The maximum absolute atomic E-state index is 14.0. The van der Waals surface area contributed by atoms with Gasteiger partial charge >= 0.3 is 5.97 Å². The molecule has 272 valence electrons. The molecule has 1 atom stereocenters. The molecule has 1 aliphatic heterocycles.